The van der Waals surface area contributed by atoms with E-state index in [1.165, 1.54) is 32.8 Å². The number of alkyl halides is 2. The molecule has 3 rings (SSSR count). The molecule has 0 aliphatic rings. The van der Waals surface area contributed by atoms with Crippen molar-refractivity contribution < 1.29 is 13.6 Å². The first-order valence-corrected chi connectivity index (χ1v) is 10.0. The topological polar surface area (TPSA) is 69.9 Å². The fourth-order valence-corrected chi connectivity index (χ4v) is 4.13. The van der Waals surface area contributed by atoms with Gasteiger partial charge < -0.3 is 4.90 Å². The largest absolute Gasteiger partial charge is 0.313 e. The van der Waals surface area contributed by atoms with Crippen LogP contribution >= 0.6 is 32.2 Å². The number of nitrogens with zero attached hydrogens (tertiary/aromatic N) is 4. The van der Waals surface area contributed by atoms with Crippen LogP contribution in [0, 0.1) is 18.3 Å². The van der Waals surface area contributed by atoms with Gasteiger partial charge >= 0.3 is 5.66 Å². The molecule has 10 heteroatoms. The summed E-state index contributed by atoms with van der Waals surface area (Å²) < 4.78 is 27.1. The molecule has 29 heavy (non-hydrogen) atoms. The molecule has 1 unspecified atom stereocenters. The number of nitriles is 1. The van der Waals surface area contributed by atoms with Gasteiger partial charge in [0.25, 0.3) is 0 Å². The Balaban J connectivity index is 2.02. The Morgan fingerprint density at radius 2 is 2.07 bits per heavy atom. The summed E-state index contributed by atoms with van der Waals surface area (Å²) in [4.78, 5) is 21.9. The molecule has 0 saturated carbocycles. The molecule has 0 amide bonds. The van der Waals surface area contributed by atoms with Crippen LogP contribution in [0.25, 0.3) is 0 Å². The minimum absolute atomic E-state index is 0.147. The van der Waals surface area contributed by atoms with E-state index in [0.29, 0.717) is 33.9 Å². The van der Waals surface area contributed by atoms with Crippen molar-refractivity contribution in [1.29, 1.82) is 5.26 Å². The Labute approximate surface area is 177 Å². The zero-order chi connectivity index (χ0) is 21.2. The van der Waals surface area contributed by atoms with Crippen molar-refractivity contribution in [3.8, 4) is 6.07 Å². The van der Waals surface area contributed by atoms with Crippen molar-refractivity contribution in [1.82, 2.24) is 9.97 Å². The van der Waals surface area contributed by atoms with Crippen LogP contribution in [0.5, 0.6) is 0 Å². The molecular formula is C19H14ClF2N4OPS. The molecule has 0 saturated heterocycles. The van der Waals surface area contributed by atoms with E-state index in [9.17, 15) is 13.6 Å². The molecule has 0 aliphatic carbocycles. The van der Waals surface area contributed by atoms with Crippen LogP contribution in [0.1, 0.15) is 32.2 Å². The van der Waals surface area contributed by atoms with Gasteiger partial charge in [0.2, 0.25) is 0 Å². The van der Waals surface area contributed by atoms with Crippen molar-refractivity contribution in [2.75, 3.05) is 4.90 Å². The van der Waals surface area contributed by atoms with Crippen molar-refractivity contribution in [3.05, 3.63) is 68.9 Å². The Hall–Kier alpha value is -2.46. The van der Waals surface area contributed by atoms with Gasteiger partial charge in [0, 0.05) is 16.8 Å². The third kappa shape index (κ3) is 4.76. The fourth-order valence-electron chi connectivity index (χ4n) is 2.60. The van der Waals surface area contributed by atoms with Crippen molar-refractivity contribution in [3.63, 3.8) is 0 Å². The number of carbonyl (C=O) groups excluding carboxylic acids is 1. The van der Waals surface area contributed by atoms with Crippen LogP contribution in [0.3, 0.4) is 0 Å². The summed E-state index contributed by atoms with van der Waals surface area (Å²) in [6, 6.07) is 10.3. The van der Waals surface area contributed by atoms with Gasteiger partial charge in [-0.25, -0.2) is 4.98 Å². The van der Waals surface area contributed by atoms with Gasteiger partial charge in [0.15, 0.2) is 11.4 Å². The van der Waals surface area contributed by atoms with Crippen LogP contribution in [0.15, 0.2) is 36.5 Å². The van der Waals surface area contributed by atoms with Gasteiger partial charge in [-0.1, -0.05) is 20.8 Å². The van der Waals surface area contributed by atoms with E-state index in [-0.39, 0.29) is 11.6 Å². The van der Waals surface area contributed by atoms with Gasteiger partial charge in [-0.15, -0.1) is 11.3 Å². The monoisotopic (exact) mass is 450 g/mol. The summed E-state index contributed by atoms with van der Waals surface area (Å²) in [5.41, 5.74) is -1.63. The highest BCUT2D eigenvalue weighted by Gasteiger charge is 2.29. The molecule has 148 valence electrons. The van der Waals surface area contributed by atoms with Crippen LogP contribution in [-0.2, 0) is 12.2 Å². The first kappa shape index (κ1) is 21.3. The average Bonchev–Trinajstić information content (AvgIpc) is 3.05. The third-order valence-corrected chi connectivity index (χ3v) is 5.60. The molecule has 0 spiro atoms. The Morgan fingerprint density at radius 1 is 1.38 bits per heavy atom. The number of aryl methyl sites for hydroxylation is 1. The number of pyridine rings is 1. The van der Waals surface area contributed by atoms with Gasteiger partial charge in [-0.3, -0.25) is 9.78 Å². The number of rotatable bonds is 6. The lowest BCUT2D eigenvalue weighted by Gasteiger charge is -2.22. The van der Waals surface area contributed by atoms with E-state index in [0.717, 1.165) is 4.88 Å². The molecule has 1 aromatic carbocycles. The zero-order valence-electron chi connectivity index (χ0n) is 15.1. The Kier molecular flexibility index (Phi) is 6.23. The zero-order valence-corrected chi connectivity index (χ0v) is 17.8. The second kappa shape index (κ2) is 8.50. The van der Waals surface area contributed by atoms with Crippen LogP contribution in [-0.4, -0.2) is 16.3 Å². The molecule has 0 aliphatic heterocycles. The number of hydrogen-bond acceptors (Lipinski definition) is 6. The second-order valence-corrected chi connectivity index (χ2v) is 8.41. The molecule has 3 aromatic rings. The highest BCUT2D eigenvalue weighted by Crippen LogP contribution is 2.38. The van der Waals surface area contributed by atoms with E-state index >= 15 is 0 Å². The molecular weight excluding hydrogens is 437 g/mol. The first-order valence-electron chi connectivity index (χ1n) is 8.25. The van der Waals surface area contributed by atoms with Crippen molar-refractivity contribution >= 4 is 49.3 Å². The van der Waals surface area contributed by atoms with Crippen LogP contribution < -0.4 is 4.90 Å². The normalized spacial score (nSPS) is 11.2. The van der Waals surface area contributed by atoms with Crippen molar-refractivity contribution in [2.24, 2.45) is 0 Å². The van der Waals surface area contributed by atoms with E-state index in [4.69, 9.17) is 16.9 Å². The van der Waals surface area contributed by atoms with E-state index in [2.05, 4.69) is 16.0 Å². The number of aldehydes is 1. The summed E-state index contributed by atoms with van der Waals surface area (Å²) >= 11 is 7.34. The van der Waals surface area contributed by atoms with Gasteiger partial charge in [0.05, 0.1) is 23.2 Å². The number of carbonyl (C=O) groups is 1. The summed E-state index contributed by atoms with van der Waals surface area (Å²) in [5.74, 6) is 0. The molecule has 2 heterocycles. The highest BCUT2D eigenvalue weighted by molar-refractivity contribution is 7.17. The van der Waals surface area contributed by atoms with Crippen LogP contribution in [0.4, 0.5) is 19.6 Å². The fraction of sp³-hybridized carbons (Fsp3) is 0.158. The number of anilines is 2. The number of halogens is 3. The minimum atomic E-state index is -3.23. The first-order chi connectivity index (χ1) is 13.7. The summed E-state index contributed by atoms with van der Waals surface area (Å²) in [5, 5.41) is 9.41. The number of aromatic nitrogens is 2. The predicted octanol–water partition coefficient (Wildman–Crippen LogP) is 5.45. The lowest BCUT2D eigenvalue weighted by Crippen LogP contribution is -2.17. The Bertz CT molecular complexity index is 1090. The smallest absolute Gasteiger partial charge is 0.301 e. The van der Waals surface area contributed by atoms with Crippen LogP contribution in [0.2, 0.25) is 5.02 Å². The lowest BCUT2D eigenvalue weighted by molar-refractivity contribution is 0.0987. The predicted molar refractivity (Wildman–Crippen MR) is 112 cm³/mol. The lowest BCUT2D eigenvalue weighted by atomic mass is 10.2. The maximum Gasteiger partial charge on any atom is 0.301 e. The number of thiazole rings is 1. The standard InChI is InChI=1S/C19H14ClF2N4OPS/c1-11-16(10-27)25-18(29-11)26(14-4-2-12(7-23)3-5-14)9-13-6-15(20)17(24-8-13)19(21,22)28/h2-6,8,10H,9,28H2,1H3. The molecule has 0 N–H and O–H groups in total. The van der Waals surface area contributed by atoms with E-state index in [1.807, 2.05) is 0 Å². The average molecular weight is 451 g/mol. The van der Waals surface area contributed by atoms with Crippen molar-refractivity contribution in [2.45, 2.75) is 19.1 Å². The summed E-state index contributed by atoms with van der Waals surface area (Å²) in [6.07, 6.45) is 2.01. The summed E-state index contributed by atoms with van der Waals surface area (Å²) in [6.45, 7) is 2.02. The van der Waals surface area contributed by atoms with Gasteiger partial charge in [-0.2, -0.15) is 14.0 Å². The number of benzene rings is 1. The molecule has 0 radical (unpaired) electrons. The maximum atomic E-state index is 13.5. The molecule has 1 atom stereocenters. The molecule has 0 fully saturated rings. The molecule has 0 bridgehead atoms. The third-order valence-electron chi connectivity index (χ3n) is 4.03. The van der Waals surface area contributed by atoms with Gasteiger partial charge in [-0.05, 0) is 42.8 Å². The SMILES string of the molecule is Cc1sc(N(Cc2cnc(C(F)(F)P)c(Cl)c2)c2ccc(C#N)cc2)nc1C=O. The van der Waals surface area contributed by atoms with E-state index < -0.39 is 11.4 Å². The quantitative estimate of drug-likeness (QED) is 0.369. The summed E-state index contributed by atoms with van der Waals surface area (Å²) in [7, 11) is 1.42. The Morgan fingerprint density at radius 3 is 2.59 bits per heavy atom. The van der Waals surface area contributed by atoms with E-state index in [1.54, 1.807) is 36.1 Å². The van der Waals surface area contributed by atoms with Gasteiger partial charge in [0.1, 0.15) is 11.4 Å². The number of hydrogen-bond donors (Lipinski definition) is 0. The highest BCUT2D eigenvalue weighted by atomic mass is 35.5. The maximum absolute atomic E-state index is 13.5. The minimum Gasteiger partial charge on any atom is -0.313 e. The second-order valence-electron chi connectivity index (χ2n) is 6.10. The molecule has 2 aromatic heterocycles. The molecule has 5 nitrogen and oxygen atoms in total.